The van der Waals surface area contributed by atoms with Gasteiger partial charge in [-0.15, -0.1) is 0 Å². The average molecular weight is 1120 g/mol. The Morgan fingerprint density at radius 2 is 0.312 bits per heavy atom. The first-order chi connectivity index (χ1) is 35.2. The molecular formula is C60H92O16Ti. The minimum absolute atomic E-state index is 0. The fraction of sp³-hybridized carbons (Fsp3) is 0.600. The number of hydrogen-bond donors (Lipinski definition) is 0. The summed E-state index contributed by atoms with van der Waals surface area (Å²) >= 11 is 0. The van der Waals surface area contributed by atoms with Crippen LogP contribution in [-0.2, 0) is 21.7 Å². The van der Waals surface area contributed by atoms with Gasteiger partial charge in [0.2, 0.25) is 23.0 Å². The van der Waals surface area contributed by atoms with Gasteiger partial charge in [-0.2, -0.15) is 0 Å². The summed E-state index contributed by atoms with van der Waals surface area (Å²) in [6.45, 7) is 45.5. The van der Waals surface area contributed by atoms with E-state index in [0.717, 1.165) is 0 Å². The smallest absolute Gasteiger partial charge is 0.870 e. The molecular weight excluding hydrogens is 1020 g/mol. The van der Waals surface area contributed by atoms with Crippen molar-refractivity contribution in [1.29, 1.82) is 0 Å². The summed E-state index contributed by atoms with van der Waals surface area (Å²) in [4.78, 5) is 0. The third-order valence-electron chi connectivity index (χ3n) is 8.44. The molecule has 0 atom stereocenters. The van der Waals surface area contributed by atoms with Gasteiger partial charge in [0.15, 0.2) is 46.0 Å². The van der Waals surface area contributed by atoms with Gasteiger partial charge >= 0.3 is 21.7 Å². The first kappa shape index (κ1) is 71.4. The molecule has 0 N–H and O–H groups in total. The quantitative estimate of drug-likeness (QED) is 0.0599. The van der Waals surface area contributed by atoms with Crippen molar-refractivity contribution in [3.63, 3.8) is 0 Å². The number of ether oxygens (including phenoxy) is 12. The summed E-state index contributed by atoms with van der Waals surface area (Å²) in [5, 5.41) is 47.7. The van der Waals surface area contributed by atoms with Gasteiger partial charge in [-0.05, 0) is 190 Å². The summed E-state index contributed by atoms with van der Waals surface area (Å²) in [5.74, 6) is 3.86. The summed E-state index contributed by atoms with van der Waals surface area (Å²) in [6.07, 6.45) is -0.662. The van der Waals surface area contributed by atoms with Crippen LogP contribution in [0, 0.1) is 0 Å². The summed E-state index contributed by atoms with van der Waals surface area (Å²) in [6, 6.07) is 12.3. The van der Waals surface area contributed by atoms with Crippen LogP contribution in [-0.4, -0.2) is 73.2 Å². The summed E-state index contributed by atoms with van der Waals surface area (Å²) in [7, 11) is 0. The molecule has 0 aromatic heterocycles. The van der Waals surface area contributed by atoms with Crippen molar-refractivity contribution < 1.29 is 99.0 Å². The number of hydrogen-bond acceptors (Lipinski definition) is 16. The molecule has 0 heterocycles. The van der Waals surface area contributed by atoms with Crippen molar-refractivity contribution in [2.45, 2.75) is 239 Å². The van der Waals surface area contributed by atoms with Crippen LogP contribution in [0.2, 0.25) is 0 Å². The third-order valence-corrected chi connectivity index (χ3v) is 8.44. The zero-order valence-corrected chi connectivity index (χ0v) is 52.1. The van der Waals surface area contributed by atoms with Crippen LogP contribution in [0.25, 0.3) is 0 Å². The van der Waals surface area contributed by atoms with Crippen molar-refractivity contribution in [2.75, 3.05) is 0 Å². The standard InChI is InChI=1S/4C15H24O4.Ti/c4*1-9(2)17-13-8-7-12(16)14(18-10(3)4)15(13)19-11(5)6;/h4*7-11,16H,1-6H3;/q;;;;+4/p-4. The molecule has 4 aromatic rings. The van der Waals surface area contributed by atoms with Crippen LogP contribution >= 0.6 is 0 Å². The van der Waals surface area contributed by atoms with Gasteiger partial charge in [0.05, 0.1) is 73.2 Å². The van der Waals surface area contributed by atoms with Crippen molar-refractivity contribution in [1.82, 2.24) is 0 Å². The van der Waals surface area contributed by atoms with Crippen LogP contribution in [0.4, 0.5) is 0 Å². The largest absolute Gasteiger partial charge is 4.00 e. The zero-order chi connectivity index (χ0) is 58.3. The third kappa shape index (κ3) is 27.0. The molecule has 0 aliphatic rings. The minimum Gasteiger partial charge on any atom is -0.870 e. The minimum atomic E-state index is -0.194. The van der Waals surface area contributed by atoms with Gasteiger partial charge in [0.1, 0.15) is 0 Å². The van der Waals surface area contributed by atoms with E-state index in [2.05, 4.69) is 0 Å². The van der Waals surface area contributed by atoms with E-state index in [-0.39, 0.29) is 141 Å². The van der Waals surface area contributed by atoms with Crippen molar-refractivity contribution >= 4 is 0 Å². The molecule has 0 spiro atoms. The molecule has 0 fully saturated rings. The van der Waals surface area contributed by atoms with Crippen molar-refractivity contribution in [3.8, 4) is 92.0 Å². The Bertz CT molecular complexity index is 1970. The van der Waals surface area contributed by atoms with E-state index in [4.69, 9.17) is 56.8 Å². The van der Waals surface area contributed by atoms with Gasteiger partial charge < -0.3 is 77.3 Å². The molecule has 17 heteroatoms. The Kier molecular flexibility index (Phi) is 32.5. The molecule has 0 radical (unpaired) electrons. The Morgan fingerprint density at radius 3 is 0.429 bits per heavy atom. The molecule has 0 saturated heterocycles. The van der Waals surface area contributed by atoms with E-state index in [1.54, 1.807) is 24.3 Å². The fourth-order valence-electron chi connectivity index (χ4n) is 6.27. The van der Waals surface area contributed by atoms with Gasteiger partial charge in [-0.1, -0.05) is 47.3 Å². The average Bonchev–Trinajstić information content (AvgIpc) is 3.26. The predicted molar refractivity (Wildman–Crippen MR) is 293 cm³/mol. The topological polar surface area (TPSA) is 203 Å². The van der Waals surface area contributed by atoms with Gasteiger partial charge in [0, 0.05) is 0 Å². The summed E-state index contributed by atoms with van der Waals surface area (Å²) in [5.41, 5.74) is 0. The monoisotopic (exact) mass is 1120 g/mol. The maximum absolute atomic E-state index is 11.9. The fourth-order valence-corrected chi connectivity index (χ4v) is 6.27. The molecule has 0 unspecified atom stereocenters. The molecule has 4 aromatic carbocycles. The second-order valence-corrected chi connectivity index (χ2v) is 20.9. The Labute approximate surface area is 476 Å². The molecule has 432 valence electrons. The molecule has 0 aliphatic carbocycles. The van der Waals surface area contributed by atoms with E-state index < -0.39 is 0 Å². The maximum atomic E-state index is 11.9. The Morgan fingerprint density at radius 1 is 0.195 bits per heavy atom. The zero-order valence-electron chi connectivity index (χ0n) is 50.6. The van der Waals surface area contributed by atoms with Gasteiger partial charge in [0.25, 0.3) is 0 Å². The van der Waals surface area contributed by atoms with Gasteiger partial charge in [-0.3, -0.25) is 0 Å². The molecule has 0 aliphatic heterocycles. The first-order valence-corrected chi connectivity index (χ1v) is 26.6. The van der Waals surface area contributed by atoms with Gasteiger partial charge in [-0.25, -0.2) is 0 Å². The Hall–Kier alpha value is -5.61. The number of rotatable bonds is 24. The molecule has 0 amide bonds. The second-order valence-electron chi connectivity index (χ2n) is 20.9. The maximum Gasteiger partial charge on any atom is 4.00 e. The van der Waals surface area contributed by atoms with Crippen LogP contribution in [0.1, 0.15) is 166 Å². The van der Waals surface area contributed by atoms with Crippen LogP contribution < -0.4 is 77.3 Å². The van der Waals surface area contributed by atoms with E-state index in [1.165, 1.54) is 24.3 Å². The first-order valence-electron chi connectivity index (χ1n) is 26.6. The normalized spacial score (nSPS) is 11.1. The van der Waals surface area contributed by atoms with E-state index in [1.807, 2.05) is 166 Å². The predicted octanol–water partition coefficient (Wildman–Crippen LogP) is 12.5. The number of benzene rings is 4. The van der Waals surface area contributed by atoms with Crippen LogP contribution in [0.3, 0.4) is 0 Å². The van der Waals surface area contributed by atoms with Crippen LogP contribution in [0.5, 0.6) is 92.0 Å². The second kappa shape index (κ2) is 35.0. The van der Waals surface area contributed by atoms with E-state index >= 15 is 0 Å². The molecule has 4 rings (SSSR count). The molecule has 0 bridgehead atoms. The Balaban J connectivity index is 0.000000996. The van der Waals surface area contributed by atoms with Crippen LogP contribution in [0.15, 0.2) is 48.5 Å². The van der Waals surface area contributed by atoms with E-state index in [0.29, 0.717) is 46.0 Å². The molecule has 77 heavy (non-hydrogen) atoms. The SMILES string of the molecule is CC(C)Oc1ccc([O-])c(OC(C)C)c1OC(C)C.CC(C)Oc1ccc([O-])c(OC(C)C)c1OC(C)C.CC(C)Oc1ccc([O-])c(OC(C)C)c1OC(C)C.CC(C)Oc1ccc([O-])c(OC(C)C)c1OC(C)C.[Ti+4]. The summed E-state index contributed by atoms with van der Waals surface area (Å²) < 4.78 is 67.9. The molecule has 16 nitrogen and oxygen atoms in total. The van der Waals surface area contributed by atoms with Crippen molar-refractivity contribution in [2.24, 2.45) is 0 Å². The van der Waals surface area contributed by atoms with Crippen molar-refractivity contribution in [3.05, 3.63) is 48.5 Å². The molecule has 0 saturated carbocycles. The van der Waals surface area contributed by atoms with E-state index in [9.17, 15) is 20.4 Å².